The van der Waals surface area contributed by atoms with Gasteiger partial charge in [0.05, 0.1) is 5.25 Å². The maximum atomic E-state index is 12.0. The van der Waals surface area contributed by atoms with Gasteiger partial charge in [0.1, 0.15) is 5.82 Å². The van der Waals surface area contributed by atoms with Crippen molar-refractivity contribution in [1.82, 2.24) is 15.2 Å². The van der Waals surface area contributed by atoms with E-state index >= 15 is 0 Å². The van der Waals surface area contributed by atoms with Crippen molar-refractivity contribution >= 4 is 16.0 Å². The average molecular weight is 244 g/mol. The lowest BCUT2D eigenvalue weighted by molar-refractivity contribution is 0.486. The number of aryl methyl sites for hydroxylation is 1. The highest BCUT2D eigenvalue weighted by molar-refractivity contribution is 7.93. The Bertz CT molecular complexity index is 448. The number of sulfonamides is 1. The summed E-state index contributed by atoms with van der Waals surface area (Å²) in [4.78, 5) is 3.93. The number of rotatable bonds is 3. The van der Waals surface area contributed by atoms with E-state index in [1.165, 1.54) is 0 Å². The summed E-state index contributed by atoms with van der Waals surface area (Å²) >= 11 is 0. The Morgan fingerprint density at radius 3 is 2.56 bits per heavy atom. The quantitative estimate of drug-likeness (QED) is 0.836. The largest absolute Gasteiger partial charge is 0.261 e. The van der Waals surface area contributed by atoms with E-state index in [9.17, 15) is 8.42 Å². The highest BCUT2D eigenvalue weighted by Gasteiger charge is 2.27. The van der Waals surface area contributed by atoms with Crippen molar-refractivity contribution < 1.29 is 8.42 Å². The van der Waals surface area contributed by atoms with Gasteiger partial charge in [-0.15, -0.1) is 5.10 Å². The molecule has 0 radical (unpaired) electrons. The minimum atomic E-state index is -3.32. The molecule has 1 heterocycles. The molecule has 0 saturated heterocycles. The number of nitrogens with zero attached hydrogens (tertiary/aromatic N) is 2. The first-order chi connectivity index (χ1) is 7.58. The van der Waals surface area contributed by atoms with Crippen LogP contribution in [0.2, 0.25) is 0 Å². The van der Waals surface area contributed by atoms with Crippen LogP contribution < -0.4 is 4.72 Å². The third kappa shape index (κ3) is 2.52. The SMILES string of the molecule is Cc1nc(NS(=O)(=O)C2CCCCC2)n[nH]1. The maximum absolute atomic E-state index is 12.0. The molecular formula is C9H16N4O2S. The number of H-pyrrole nitrogens is 1. The van der Waals surface area contributed by atoms with Gasteiger partial charge in [0.2, 0.25) is 10.0 Å². The van der Waals surface area contributed by atoms with Gasteiger partial charge in [-0.25, -0.2) is 13.1 Å². The Kier molecular flexibility index (Phi) is 3.13. The first-order valence-corrected chi connectivity index (χ1v) is 7.03. The summed E-state index contributed by atoms with van der Waals surface area (Å²) in [6, 6.07) is 0. The second-order valence-electron chi connectivity index (χ2n) is 4.15. The van der Waals surface area contributed by atoms with Crippen molar-refractivity contribution in [1.29, 1.82) is 0 Å². The Labute approximate surface area is 94.9 Å². The van der Waals surface area contributed by atoms with Gasteiger partial charge in [-0.3, -0.25) is 5.10 Å². The van der Waals surface area contributed by atoms with E-state index in [1.807, 2.05) is 0 Å². The lowest BCUT2D eigenvalue weighted by Crippen LogP contribution is -2.30. The van der Waals surface area contributed by atoms with Gasteiger partial charge in [0.15, 0.2) is 0 Å². The van der Waals surface area contributed by atoms with Gasteiger partial charge >= 0.3 is 0 Å². The Morgan fingerprint density at radius 2 is 2.00 bits per heavy atom. The lowest BCUT2D eigenvalue weighted by Gasteiger charge is -2.21. The molecule has 0 bridgehead atoms. The predicted octanol–water partition coefficient (Wildman–Crippen LogP) is 1.19. The number of hydrogen-bond acceptors (Lipinski definition) is 4. The fraction of sp³-hybridized carbons (Fsp3) is 0.778. The molecule has 2 N–H and O–H groups in total. The minimum Gasteiger partial charge on any atom is -0.261 e. The van der Waals surface area contributed by atoms with E-state index in [4.69, 9.17) is 0 Å². The Morgan fingerprint density at radius 1 is 1.31 bits per heavy atom. The van der Waals surface area contributed by atoms with E-state index in [1.54, 1.807) is 6.92 Å². The molecule has 0 spiro atoms. The molecule has 0 atom stereocenters. The topological polar surface area (TPSA) is 87.7 Å². The zero-order chi connectivity index (χ0) is 11.6. The molecule has 0 aromatic carbocycles. The van der Waals surface area contributed by atoms with Gasteiger partial charge in [0, 0.05) is 0 Å². The van der Waals surface area contributed by atoms with Gasteiger partial charge in [-0.2, -0.15) is 4.98 Å². The number of nitrogens with one attached hydrogen (secondary N) is 2. The van der Waals surface area contributed by atoms with Crippen LogP contribution in [0.25, 0.3) is 0 Å². The highest BCUT2D eigenvalue weighted by Crippen LogP contribution is 2.24. The summed E-state index contributed by atoms with van der Waals surface area (Å²) in [5.41, 5.74) is 0. The van der Waals surface area contributed by atoms with Crippen LogP contribution in [0.4, 0.5) is 5.95 Å². The van der Waals surface area contributed by atoms with Crippen LogP contribution in [0, 0.1) is 6.92 Å². The monoisotopic (exact) mass is 244 g/mol. The zero-order valence-corrected chi connectivity index (χ0v) is 10.0. The fourth-order valence-electron chi connectivity index (χ4n) is 1.97. The van der Waals surface area contributed by atoms with Crippen LogP contribution in [0.3, 0.4) is 0 Å². The smallest absolute Gasteiger partial charge is 0.255 e. The van der Waals surface area contributed by atoms with Crippen molar-refractivity contribution in [2.24, 2.45) is 0 Å². The number of hydrogen-bond donors (Lipinski definition) is 2. The first-order valence-electron chi connectivity index (χ1n) is 5.48. The van der Waals surface area contributed by atoms with Crippen molar-refractivity contribution in [2.45, 2.75) is 44.3 Å². The van der Waals surface area contributed by atoms with Crippen molar-refractivity contribution in [2.75, 3.05) is 4.72 Å². The Balaban J connectivity index is 2.07. The third-order valence-corrected chi connectivity index (χ3v) is 4.64. The summed E-state index contributed by atoms with van der Waals surface area (Å²) in [5.74, 6) is 0.740. The van der Waals surface area contributed by atoms with Gasteiger partial charge in [-0.1, -0.05) is 19.3 Å². The molecule has 1 fully saturated rings. The summed E-state index contributed by atoms with van der Waals surface area (Å²) in [6.45, 7) is 1.73. The third-order valence-electron chi connectivity index (χ3n) is 2.82. The number of aromatic nitrogens is 3. The zero-order valence-electron chi connectivity index (χ0n) is 9.23. The molecule has 1 aliphatic carbocycles. The van der Waals surface area contributed by atoms with E-state index < -0.39 is 10.0 Å². The van der Waals surface area contributed by atoms with E-state index in [-0.39, 0.29) is 11.2 Å². The minimum absolute atomic E-state index is 0.142. The normalized spacial score (nSPS) is 18.6. The molecule has 0 aliphatic heterocycles. The van der Waals surface area contributed by atoms with E-state index in [0.717, 1.165) is 32.1 Å². The molecule has 2 rings (SSSR count). The second-order valence-corrected chi connectivity index (χ2v) is 6.11. The van der Waals surface area contributed by atoms with Crippen LogP contribution in [0.5, 0.6) is 0 Å². The van der Waals surface area contributed by atoms with Crippen molar-refractivity contribution in [3.8, 4) is 0 Å². The van der Waals surface area contributed by atoms with Gasteiger partial charge in [-0.05, 0) is 19.8 Å². The predicted molar refractivity (Wildman–Crippen MR) is 60.5 cm³/mol. The second kappa shape index (κ2) is 4.40. The molecule has 1 aliphatic rings. The van der Waals surface area contributed by atoms with Crippen LogP contribution in [0.15, 0.2) is 0 Å². The van der Waals surface area contributed by atoms with Crippen LogP contribution in [-0.2, 0) is 10.0 Å². The molecule has 0 unspecified atom stereocenters. The van der Waals surface area contributed by atoms with Crippen LogP contribution in [-0.4, -0.2) is 28.8 Å². The van der Waals surface area contributed by atoms with E-state index in [2.05, 4.69) is 19.9 Å². The van der Waals surface area contributed by atoms with Gasteiger partial charge < -0.3 is 0 Å². The molecule has 1 aromatic rings. The van der Waals surface area contributed by atoms with Crippen LogP contribution >= 0.6 is 0 Å². The van der Waals surface area contributed by atoms with Gasteiger partial charge in [0.25, 0.3) is 5.95 Å². The average Bonchev–Trinajstić information content (AvgIpc) is 2.64. The van der Waals surface area contributed by atoms with Crippen molar-refractivity contribution in [3.63, 3.8) is 0 Å². The summed E-state index contributed by atoms with van der Waals surface area (Å²) in [7, 11) is -3.32. The molecule has 7 heteroatoms. The molecule has 1 aromatic heterocycles. The Hall–Kier alpha value is -1.11. The van der Waals surface area contributed by atoms with E-state index in [0.29, 0.717) is 5.82 Å². The number of anilines is 1. The van der Waals surface area contributed by atoms with Crippen molar-refractivity contribution in [3.05, 3.63) is 5.82 Å². The molecule has 0 amide bonds. The fourth-order valence-corrected chi connectivity index (χ4v) is 3.44. The molecule has 6 nitrogen and oxygen atoms in total. The number of aromatic amines is 1. The molecule has 16 heavy (non-hydrogen) atoms. The maximum Gasteiger partial charge on any atom is 0.255 e. The molecular weight excluding hydrogens is 228 g/mol. The summed E-state index contributed by atoms with van der Waals surface area (Å²) in [5, 5.41) is 6.08. The summed E-state index contributed by atoms with van der Waals surface area (Å²) < 4.78 is 26.3. The summed E-state index contributed by atoms with van der Waals surface area (Å²) in [6.07, 6.45) is 4.57. The standard InChI is InChI=1S/C9H16N4O2S/c1-7-10-9(12-11-7)13-16(14,15)8-5-3-2-4-6-8/h8H,2-6H2,1H3,(H2,10,11,12,13). The molecule has 90 valence electrons. The van der Waals surface area contributed by atoms with Crippen LogP contribution in [0.1, 0.15) is 37.9 Å². The molecule has 1 saturated carbocycles. The lowest BCUT2D eigenvalue weighted by atomic mass is 10.0. The highest BCUT2D eigenvalue weighted by atomic mass is 32.2. The first kappa shape index (κ1) is 11.4.